The molecule has 0 radical (unpaired) electrons. The van der Waals surface area contributed by atoms with E-state index in [-0.39, 0.29) is 6.61 Å². The van der Waals surface area contributed by atoms with Crippen LogP contribution in [0.3, 0.4) is 0 Å². The van der Waals surface area contributed by atoms with Gasteiger partial charge in [-0.2, -0.15) is 13.2 Å². The highest BCUT2D eigenvalue weighted by atomic mass is 19.4. The van der Waals surface area contributed by atoms with Crippen LogP contribution in [0.25, 0.3) is 0 Å². The van der Waals surface area contributed by atoms with Crippen molar-refractivity contribution in [3.63, 3.8) is 0 Å². The van der Waals surface area contributed by atoms with E-state index in [2.05, 4.69) is 14.5 Å². The number of pyridine rings is 1. The molecule has 0 fully saturated rings. The summed E-state index contributed by atoms with van der Waals surface area (Å²) in [6, 6.07) is 0. The summed E-state index contributed by atoms with van der Waals surface area (Å²) < 4.78 is 73.8. The van der Waals surface area contributed by atoms with Crippen molar-refractivity contribution >= 4 is 5.97 Å². The molecule has 0 amide bonds. The highest BCUT2D eigenvalue weighted by Gasteiger charge is 2.38. The molecule has 0 aliphatic heterocycles. The van der Waals surface area contributed by atoms with Gasteiger partial charge in [0.2, 0.25) is 5.88 Å². The van der Waals surface area contributed by atoms with Crippen LogP contribution in [0.2, 0.25) is 0 Å². The first-order chi connectivity index (χ1) is 9.72. The molecule has 0 saturated carbocycles. The van der Waals surface area contributed by atoms with Crippen molar-refractivity contribution in [2.75, 3.05) is 13.7 Å². The number of carbonyl (C=O) groups excluding carboxylic acids is 1. The highest BCUT2D eigenvalue weighted by molar-refractivity contribution is 5.74. The Morgan fingerprint density at radius 1 is 1.38 bits per heavy atom. The molecule has 0 unspecified atom stereocenters. The quantitative estimate of drug-likeness (QED) is 0.619. The van der Waals surface area contributed by atoms with E-state index >= 15 is 0 Å². The van der Waals surface area contributed by atoms with Crippen molar-refractivity contribution in [1.82, 2.24) is 4.98 Å². The minimum atomic E-state index is -4.93. The molecular weight excluding hydrogens is 301 g/mol. The van der Waals surface area contributed by atoms with Crippen LogP contribution >= 0.6 is 0 Å². The summed E-state index contributed by atoms with van der Waals surface area (Å²) in [5, 5.41) is 0. The third-order valence-electron chi connectivity index (χ3n) is 2.53. The molecule has 1 aromatic heterocycles. The minimum absolute atomic E-state index is 0.0770. The molecule has 1 aromatic rings. The molecule has 0 aliphatic rings. The Balaban J connectivity index is 3.47. The van der Waals surface area contributed by atoms with Crippen LogP contribution in [-0.4, -0.2) is 24.7 Å². The van der Waals surface area contributed by atoms with Crippen LogP contribution in [0.4, 0.5) is 22.0 Å². The largest absolute Gasteiger partial charge is 0.481 e. The average molecular weight is 313 g/mol. The standard InChI is InChI=1S/C12H12F5NO3/c1-3-21-8(19)4-6-7(12(15,16)17)5-18-11(20-2)9(6)10(13)14/h5,10H,3-4H2,1-2H3. The number of nitrogens with zero attached hydrogens (tertiary/aromatic N) is 1. The van der Waals surface area contributed by atoms with E-state index in [0.29, 0.717) is 6.20 Å². The maximum absolute atomic E-state index is 13.0. The fourth-order valence-corrected chi connectivity index (χ4v) is 1.72. The number of halogens is 5. The molecule has 0 spiro atoms. The fraction of sp³-hybridized carbons (Fsp3) is 0.500. The van der Waals surface area contributed by atoms with Crippen molar-refractivity contribution in [3.05, 3.63) is 22.9 Å². The number of hydrogen-bond acceptors (Lipinski definition) is 4. The summed E-state index contributed by atoms with van der Waals surface area (Å²) in [5.41, 5.74) is -3.35. The Kier molecular flexibility index (Phi) is 5.45. The van der Waals surface area contributed by atoms with E-state index in [4.69, 9.17) is 0 Å². The maximum atomic E-state index is 13.0. The van der Waals surface area contributed by atoms with Crippen molar-refractivity contribution in [3.8, 4) is 5.88 Å². The number of methoxy groups -OCH3 is 1. The van der Waals surface area contributed by atoms with Gasteiger partial charge in [-0.15, -0.1) is 0 Å². The number of esters is 1. The molecule has 0 bridgehead atoms. The lowest BCUT2D eigenvalue weighted by molar-refractivity contribution is -0.143. The summed E-state index contributed by atoms with van der Waals surface area (Å²) in [6.07, 6.45) is -8.79. The number of alkyl halides is 5. The molecule has 0 aromatic carbocycles. The first-order valence-electron chi connectivity index (χ1n) is 5.79. The third kappa shape index (κ3) is 4.02. The van der Waals surface area contributed by atoms with E-state index < -0.39 is 47.6 Å². The lowest BCUT2D eigenvalue weighted by Crippen LogP contribution is -2.18. The Morgan fingerprint density at radius 3 is 2.43 bits per heavy atom. The van der Waals surface area contributed by atoms with Crippen LogP contribution in [0.1, 0.15) is 30.0 Å². The van der Waals surface area contributed by atoms with Gasteiger partial charge in [0.15, 0.2) is 0 Å². The zero-order valence-electron chi connectivity index (χ0n) is 11.1. The number of aromatic nitrogens is 1. The maximum Gasteiger partial charge on any atom is 0.418 e. The van der Waals surface area contributed by atoms with E-state index in [9.17, 15) is 26.7 Å². The Morgan fingerprint density at radius 2 is 2.00 bits per heavy atom. The molecule has 21 heavy (non-hydrogen) atoms. The second-order valence-electron chi connectivity index (χ2n) is 3.85. The van der Waals surface area contributed by atoms with E-state index in [1.165, 1.54) is 6.92 Å². The molecule has 9 heteroatoms. The van der Waals surface area contributed by atoms with Gasteiger partial charge in [-0.1, -0.05) is 0 Å². The normalized spacial score (nSPS) is 11.6. The highest BCUT2D eigenvalue weighted by Crippen LogP contribution is 2.39. The van der Waals surface area contributed by atoms with Gasteiger partial charge in [0, 0.05) is 6.20 Å². The van der Waals surface area contributed by atoms with Crippen molar-refractivity contribution in [2.24, 2.45) is 0 Å². The zero-order valence-corrected chi connectivity index (χ0v) is 11.1. The smallest absolute Gasteiger partial charge is 0.418 e. The Hall–Kier alpha value is -1.93. The Bertz CT molecular complexity index is 516. The molecule has 118 valence electrons. The van der Waals surface area contributed by atoms with Crippen molar-refractivity contribution in [2.45, 2.75) is 25.9 Å². The molecule has 0 aliphatic carbocycles. The van der Waals surface area contributed by atoms with Gasteiger partial charge in [-0.25, -0.2) is 13.8 Å². The number of rotatable bonds is 5. The Labute approximate surface area is 116 Å². The van der Waals surface area contributed by atoms with Crippen LogP contribution in [0.5, 0.6) is 5.88 Å². The van der Waals surface area contributed by atoms with Gasteiger partial charge < -0.3 is 9.47 Å². The minimum Gasteiger partial charge on any atom is -0.481 e. The molecule has 0 N–H and O–H groups in total. The first kappa shape index (κ1) is 17.1. The summed E-state index contributed by atoms with van der Waals surface area (Å²) in [5.74, 6) is -1.70. The van der Waals surface area contributed by atoms with E-state index in [0.717, 1.165) is 7.11 Å². The van der Waals surface area contributed by atoms with Gasteiger partial charge in [-0.05, 0) is 12.5 Å². The summed E-state index contributed by atoms with van der Waals surface area (Å²) in [7, 11) is 0.996. The van der Waals surface area contributed by atoms with E-state index in [1.54, 1.807) is 0 Å². The van der Waals surface area contributed by atoms with E-state index in [1.807, 2.05) is 0 Å². The molecule has 0 atom stereocenters. The number of carbonyl (C=O) groups is 1. The molecule has 1 rings (SSSR count). The lowest BCUT2D eigenvalue weighted by Gasteiger charge is -2.17. The topological polar surface area (TPSA) is 48.4 Å². The summed E-state index contributed by atoms with van der Waals surface area (Å²) in [4.78, 5) is 14.6. The molecule has 4 nitrogen and oxygen atoms in total. The van der Waals surface area contributed by atoms with Crippen molar-refractivity contribution < 1.29 is 36.2 Å². The third-order valence-corrected chi connectivity index (χ3v) is 2.53. The van der Waals surface area contributed by atoms with Gasteiger partial charge in [0.05, 0.1) is 31.3 Å². The van der Waals surface area contributed by atoms with Crippen LogP contribution in [0, 0.1) is 0 Å². The van der Waals surface area contributed by atoms with Crippen LogP contribution in [-0.2, 0) is 22.1 Å². The SMILES string of the molecule is CCOC(=O)Cc1c(C(F)(F)F)cnc(OC)c1C(F)F. The van der Waals surface area contributed by atoms with Crippen molar-refractivity contribution in [1.29, 1.82) is 0 Å². The van der Waals surface area contributed by atoms with Gasteiger partial charge in [0.1, 0.15) is 0 Å². The van der Waals surface area contributed by atoms with Crippen LogP contribution in [0.15, 0.2) is 6.20 Å². The lowest BCUT2D eigenvalue weighted by atomic mass is 10.0. The molecule has 1 heterocycles. The average Bonchev–Trinajstić information content (AvgIpc) is 2.36. The monoisotopic (exact) mass is 313 g/mol. The predicted molar refractivity (Wildman–Crippen MR) is 61.1 cm³/mol. The second-order valence-corrected chi connectivity index (χ2v) is 3.85. The first-order valence-corrected chi connectivity index (χ1v) is 5.79. The number of hydrogen-bond donors (Lipinski definition) is 0. The fourth-order valence-electron chi connectivity index (χ4n) is 1.72. The van der Waals surface area contributed by atoms with Crippen LogP contribution < -0.4 is 4.74 Å². The predicted octanol–water partition coefficient (Wildman–Crippen LogP) is 3.15. The summed E-state index contributed by atoms with van der Waals surface area (Å²) >= 11 is 0. The summed E-state index contributed by atoms with van der Waals surface area (Å²) in [6.45, 7) is 1.37. The zero-order chi connectivity index (χ0) is 16.2. The van der Waals surface area contributed by atoms with Gasteiger partial charge in [0.25, 0.3) is 6.43 Å². The number of ether oxygens (including phenoxy) is 2. The van der Waals surface area contributed by atoms with Gasteiger partial charge >= 0.3 is 12.1 Å². The molecular formula is C12H12F5NO3. The molecule has 0 saturated heterocycles. The second kappa shape index (κ2) is 6.68. The van der Waals surface area contributed by atoms with Gasteiger partial charge in [-0.3, -0.25) is 4.79 Å².